The molecule has 1 aromatic carbocycles. The molecule has 0 spiro atoms. The molecule has 3 N–H and O–H groups in total. The van der Waals surface area contributed by atoms with Gasteiger partial charge in [-0.25, -0.2) is 0 Å². The standard InChI is InChI=1S/C16H19N3O2/c20-10-14(11-6-2-1-3-7-11)17-16(21)15-12-8-4-5-9-13(12)18-19-15/h1-3,6-7,14,20H,4-5,8-10H2,(H,17,21)(H,18,19)/t14-/m1/s1. The van der Waals surface area contributed by atoms with Gasteiger partial charge >= 0.3 is 0 Å². The molecule has 5 heteroatoms. The zero-order valence-corrected chi connectivity index (χ0v) is 11.8. The first-order chi connectivity index (χ1) is 10.3. The molecule has 1 amide bonds. The number of carbonyl (C=O) groups is 1. The Bertz CT molecular complexity index is 622. The van der Waals surface area contributed by atoms with Crippen molar-refractivity contribution in [2.45, 2.75) is 31.7 Å². The minimum atomic E-state index is -0.408. The number of nitrogens with zero attached hydrogens (tertiary/aromatic N) is 1. The number of fused-ring (bicyclic) bond motifs is 1. The fourth-order valence-electron chi connectivity index (χ4n) is 2.82. The summed E-state index contributed by atoms with van der Waals surface area (Å²) in [6.45, 7) is -0.137. The Balaban J connectivity index is 1.78. The highest BCUT2D eigenvalue weighted by Crippen LogP contribution is 2.22. The molecule has 0 bridgehead atoms. The highest BCUT2D eigenvalue weighted by Gasteiger charge is 2.23. The third-order valence-electron chi connectivity index (χ3n) is 3.96. The van der Waals surface area contributed by atoms with Crippen molar-refractivity contribution in [2.75, 3.05) is 6.61 Å². The second-order valence-electron chi connectivity index (χ2n) is 5.36. The summed E-state index contributed by atoms with van der Waals surface area (Å²) in [4.78, 5) is 12.4. The van der Waals surface area contributed by atoms with Gasteiger partial charge in [0.25, 0.3) is 5.91 Å². The van der Waals surface area contributed by atoms with Gasteiger partial charge in [-0.1, -0.05) is 30.3 Å². The van der Waals surface area contributed by atoms with Crippen molar-refractivity contribution < 1.29 is 9.90 Å². The van der Waals surface area contributed by atoms with E-state index in [9.17, 15) is 9.90 Å². The number of amides is 1. The van der Waals surface area contributed by atoms with E-state index >= 15 is 0 Å². The summed E-state index contributed by atoms with van der Waals surface area (Å²) >= 11 is 0. The van der Waals surface area contributed by atoms with Crippen LogP contribution in [-0.4, -0.2) is 27.8 Å². The summed E-state index contributed by atoms with van der Waals surface area (Å²) in [5, 5.41) is 19.5. The predicted molar refractivity (Wildman–Crippen MR) is 79.0 cm³/mol. The van der Waals surface area contributed by atoms with Gasteiger partial charge in [-0.2, -0.15) is 5.10 Å². The zero-order valence-electron chi connectivity index (χ0n) is 11.8. The number of aromatic amines is 1. The van der Waals surface area contributed by atoms with Crippen molar-refractivity contribution >= 4 is 5.91 Å². The van der Waals surface area contributed by atoms with Crippen molar-refractivity contribution in [3.05, 3.63) is 52.8 Å². The number of benzene rings is 1. The van der Waals surface area contributed by atoms with Crippen LogP contribution in [0.4, 0.5) is 0 Å². The minimum absolute atomic E-state index is 0.137. The van der Waals surface area contributed by atoms with Gasteiger partial charge in [0.15, 0.2) is 5.69 Å². The highest BCUT2D eigenvalue weighted by molar-refractivity contribution is 5.94. The molecule has 1 aromatic heterocycles. The molecule has 1 heterocycles. The lowest BCUT2D eigenvalue weighted by Crippen LogP contribution is -2.31. The number of hydrogen-bond donors (Lipinski definition) is 3. The number of nitrogens with one attached hydrogen (secondary N) is 2. The summed E-state index contributed by atoms with van der Waals surface area (Å²) < 4.78 is 0. The van der Waals surface area contributed by atoms with E-state index in [0.29, 0.717) is 5.69 Å². The summed E-state index contributed by atoms with van der Waals surface area (Å²) in [7, 11) is 0. The van der Waals surface area contributed by atoms with Crippen LogP contribution in [0.5, 0.6) is 0 Å². The lowest BCUT2D eigenvalue weighted by Gasteiger charge is -2.17. The van der Waals surface area contributed by atoms with Crippen molar-refractivity contribution in [2.24, 2.45) is 0 Å². The quantitative estimate of drug-likeness (QED) is 0.801. The molecule has 0 unspecified atom stereocenters. The zero-order chi connectivity index (χ0) is 14.7. The molecule has 0 saturated heterocycles. The lowest BCUT2D eigenvalue weighted by atomic mass is 9.95. The topological polar surface area (TPSA) is 78.0 Å². The monoisotopic (exact) mass is 285 g/mol. The van der Waals surface area contributed by atoms with E-state index in [2.05, 4.69) is 15.5 Å². The number of H-pyrrole nitrogens is 1. The van der Waals surface area contributed by atoms with E-state index in [1.165, 1.54) is 0 Å². The lowest BCUT2D eigenvalue weighted by molar-refractivity contribution is 0.0910. The van der Waals surface area contributed by atoms with Crippen LogP contribution in [0.2, 0.25) is 0 Å². The maximum Gasteiger partial charge on any atom is 0.272 e. The molecule has 5 nitrogen and oxygen atoms in total. The van der Waals surface area contributed by atoms with Gasteiger partial charge in [0.05, 0.1) is 12.6 Å². The second-order valence-corrected chi connectivity index (χ2v) is 5.36. The molecule has 0 aliphatic heterocycles. The van der Waals surface area contributed by atoms with E-state index < -0.39 is 6.04 Å². The van der Waals surface area contributed by atoms with Gasteiger partial charge < -0.3 is 10.4 Å². The summed E-state index contributed by atoms with van der Waals surface area (Å²) in [5.74, 6) is -0.225. The Morgan fingerprint density at radius 2 is 2.05 bits per heavy atom. The molecule has 1 aliphatic carbocycles. The normalized spacial score (nSPS) is 15.3. The van der Waals surface area contributed by atoms with Crippen LogP contribution < -0.4 is 5.32 Å². The Kier molecular flexibility index (Phi) is 4.01. The molecule has 3 rings (SSSR count). The van der Waals surface area contributed by atoms with Crippen molar-refractivity contribution in [1.29, 1.82) is 0 Å². The van der Waals surface area contributed by atoms with E-state index in [0.717, 1.165) is 42.5 Å². The van der Waals surface area contributed by atoms with Crippen molar-refractivity contribution in [3.8, 4) is 0 Å². The van der Waals surface area contributed by atoms with Crippen LogP contribution in [0.15, 0.2) is 30.3 Å². The van der Waals surface area contributed by atoms with Crippen molar-refractivity contribution in [3.63, 3.8) is 0 Å². The first-order valence-electron chi connectivity index (χ1n) is 7.32. The van der Waals surface area contributed by atoms with E-state index in [4.69, 9.17) is 0 Å². The fraction of sp³-hybridized carbons (Fsp3) is 0.375. The van der Waals surface area contributed by atoms with Crippen molar-refractivity contribution in [1.82, 2.24) is 15.5 Å². The summed E-state index contributed by atoms with van der Waals surface area (Å²) in [5.41, 5.74) is 3.46. The first-order valence-corrected chi connectivity index (χ1v) is 7.32. The maximum absolute atomic E-state index is 12.4. The molecule has 2 aromatic rings. The Morgan fingerprint density at radius 1 is 1.29 bits per heavy atom. The molecule has 0 radical (unpaired) electrons. The largest absolute Gasteiger partial charge is 0.394 e. The average Bonchev–Trinajstić information content (AvgIpc) is 2.97. The number of rotatable bonds is 4. The predicted octanol–water partition coefficient (Wildman–Crippen LogP) is 1.75. The average molecular weight is 285 g/mol. The molecular formula is C16H19N3O2. The second kappa shape index (κ2) is 6.10. The van der Waals surface area contributed by atoms with Crippen LogP contribution in [0.25, 0.3) is 0 Å². The molecule has 0 saturated carbocycles. The van der Waals surface area contributed by atoms with Crippen LogP contribution >= 0.6 is 0 Å². The number of hydrogen-bond acceptors (Lipinski definition) is 3. The van der Waals surface area contributed by atoms with Crippen LogP contribution in [0, 0.1) is 0 Å². The van der Waals surface area contributed by atoms with Crippen LogP contribution in [-0.2, 0) is 12.8 Å². The Morgan fingerprint density at radius 3 is 2.81 bits per heavy atom. The number of aliphatic hydroxyl groups excluding tert-OH is 1. The summed E-state index contributed by atoms with van der Waals surface area (Å²) in [6, 6.07) is 9.06. The minimum Gasteiger partial charge on any atom is -0.394 e. The smallest absolute Gasteiger partial charge is 0.272 e. The fourth-order valence-corrected chi connectivity index (χ4v) is 2.82. The maximum atomic E-state index is 12.4. The van der Waals surface area contributed by atoms with E-state index in [-0.39, 0.29) is 12.5 Å². The number of aromatic nitrogens is 2. The summed E-state index contributed by atoms with van der Waals surface area (Å²) in [6.07, 6.45) is 4.08. The Labute approximate surface area is 123 Å². The van der Waals surface area contributed by atoms with Gasteiger partial charge in [0, 0.05) is 11.3 Å². The first kappa shape index (κ1) is 13.8. The molecular weight excluding hydrogens is 266 g/mol. The third-order valence-corrected chi connectivity index (χ3v) is 3.96. The molecule has 110 valence electrons. The van der Waals surface area contributed by atoms with Gasteiger partial charge in [-0.05, 0) is 31.2 Å². The third kappa shape index (κ3) is 2.83. The molecule has 21 heavy (non-hydrogen) atoms. The van der Waals surface area contributed by atoms with Crippen LogP contribution in [0.1, 0.15) is 46.2 Å². The Hall–Kier alpha value is -2.14. The SMILES string of the molecule is O=C(N[C@H](CO)c1ccccc1)c1n[nH]c2c1CCCC2. The number of aliphatic hydroxyl groups is 1. The molecule has 1 aliphatic rings. The van der Waals surface area contributed by atoms with Gasteiger partial charge in [-0.3, -0.25) is 9.89 Å². The van der Waals surface area contributed by atoms with Gasteiger partial charge in [-0.15, -0.1) is 0 Å². The highest BCUT2D eigenvalue weighted by atomic mass is 16.3. The van der Waals surface area contributed by atoms with E-state index in [1.54, 1.807) is 0 Å². The van der Waals surface area contributed by atoms with Gasteiger partial charge in [0.1, 0.15) is 0 Å². The van der Waals surface area contributed by atoms with Crippen LogP contribution in [0.3, 0.4) is 0 Å². The molecule has 0 fully saturated rings. The van der Waals surface area contributed by atoms with E-state index in [1.807, 2.05) is 30.3 Å². The number of carbonyl (C=O) groups excluding carboxylic acids is 1. The molecule has 1 atom stereocenters. The van der Waals surface area contributed by atoms with Gasteiger partial charge in [0.2, 0.25) is 0 Å². The number of aryl methyl sites for hydroxylation is 1.